The van der Waals surface area contributed by atoms with Gasteiger partial charge in [-0.1, -0.05) is 22.0 Å². The van der Waals surface area contributed by atoms with Crippen molar-refractivity contribution in [3.63, 3.8) is 0 Å². The summed E-state index contributed by atoms with van der Waals surface area (Å²) >= 11 is 3.17. The zero-order valence-electron chi connectivity index (χ0n) is 7.88. The van der Waals surface area contributed by atoms with Crippen molar-refractivity contribution in [2.24, 2.45) is 0 Å². The Balaban J connectivity index is 2.75. The van der Waals surface area contributed by atoms with Gasteiger partial charge in [-0.2, -0.15) is 0 Å². The molecule has 0 radical (unpaired) electrons. The predicted octanol–water partition coefficient (Wildman–Crippen LogP) is 2.42. The molecule has 0 aliphatic heterocycles. The first-order valence-corrected chi connectivity index (χ1v) is 5.41. The molecule has 4 heteroatoms. The molecule has 0 aliphatic carbocycles. The summed E-state index contributed by atoms with van der Waals surface area (Å²) in [4.78, 5) is 11.2. The first kappa shape index (κ1) is 11.0. The SMILES string of the molecule is Cc1ccc(O)c(NC(=O)CCBr)c1. The summed E-state index contributed by atoms with van der Waals surface area (Å²) in [5.41, 5.74) is 1.47. The number of carbonyl (C=O) groups is 1. The zero-order chi connectivity index (χ0) is 10.6. The van der Waals surface area contributed by atoms with E-state index in [0.717, 1.165) is 5.56 Å². The van der Waals surface area contributed by atoms with Gasteiger partial charge in [-0.3, -0.25) is 4.79 Å². The molecule has 1 aromatic carbocycles. The molecule has 0 spiro atoms. The van der Waals surface area contributed by atoms with Crippen LogP contribution in [0.2, 0.25) is 0 Å². The topological polar surface area (TPSA) is 49.3 Å². The van der Waals surface area contributed by atoms with Crippen LogP contribution in [0.25, 0.3) is 0 Å². The highest BCUT2D eigenvalue weighted by molar-refractivity contribution is 9.09. The fourth-order valence-corrected chi connectivity index (χ4v) is 1.41. The van der Waals surface area contributed by atoms with Crippen LogP contribution in [0.3, 0.4) is 0 Å². The van der Waals surface area contributed by atoms with Crippen molar-refractivity contribution in [2.75, 3.05) is 10.6 Å². The molecule has 0 bridgehead atoms. The minimum Gasteiger partial charge on any atom is -0.506 e. The number of hydrogen-bond donors (Lipinski definition) is 2. The first-order valence-electron chi connectivity index (χ1n) is 4.29. The van der Waals surface area contributed by atoms with Gasteiger partial charge in [-0.25, -0.2) is 0 Å². The van der Waals surface area contributed by atoms with Gasteiger partial charge < -0.3 is 10.4 Å². The van der Waals surface area contributed by atoms with Crippen molar-refractivity contribution in [3.8, 4) is 5.75 Å². The molecule has 2 N–H and O–H groups in total. The molecule has 0 atom stereocenters. The summed E-state index contributed by atoms with van der Waals surface area (Å²) in [5, 5.41) is 12.7. The van der Waals surface area contributed by atoms with Crippen LogP contribution in [0.15, 0.2) is 18.2 Å². The van der Waals surface area contributed by atoms with Crippen LogP contribution in [-0.4, -0.2) is 16.3 Å². The Morgan fingerprint density at radius 1 is 1.57 bits per heavy atom. The Hall–Kier alpha value is -1.03. The number of rotatable bonds is 3. The molecule has 14 heavy (non-hydrogen) atoms. The van der Waals surface area contributed by atoms with Crippen LogP contribution in [0.1, 0.15) is 12.0 Å². The maximum absolute atomic E-state index is 11.2. The third kappa shape index (κ3) is 3.03. The second-order valence-electron chi connectivity index (χ2n) is 3.01. The molecular weight excluding hydrogens is 246 g/mol. The van der Waals surface area contributed by atoms with Crippen molar-refractivity contribution in [1.29, 1.82) is 0 Å². The van der Waals surface area contributed by atoms with Gasteiger partial charge in [0.05, 0.1) is 5.69 Å². The summed E-state index contributed by atoms with van der Waals surface area (Å²) in [6.07, 6.45) is 0.396. The van der Waals surface area contributed by atoms with E-state index in [1.807, 2.05) is 6.92 Å². The van der Waals surface area contributed by atoms with Crippen LogP contribution in [0, 0.1) is 6.92 Å². The van der Waals surface area contributed by atoms with E-state index in [0.29, 0.717) is 17.4 Å². The maximum atomic E-state index is 11.2. The minimum atomic E-state index is -0.109. The molecule has 0 saturated carbocycles. The van der Waals surface area contributed by atoms with Crippen molar-refractivity contribution in [2.45, 2.75) is 13.3 Å². The van der Waals surface area contributed by atoms with E-state index in [2.05, 4.69) is 21.2 Å². The summed E-state index contributed by atoms with van der Waals surface area (Å²) in [6, 6.07) is 5.09. The Labute approximate surface area is 91.3 Å². The standard InChI is InChI=1S/C10H12BrNO2/c1-7-2-3-9(13)8(6-7)12-10(14)4-5-11/h2-3,6,13H,4-5H2,1H3,(H,12,14). The third-order valence-electron chi connectivity index (χ3n) is 1.75. The second-order valence-corrected chi connectivity index (χ2v) is 3.80. The molecule has 3 nitrogen and oxygen atoms in total. The maximum Gasteiger partial charge on any atom is 0.225 e. The molecule has 1 rings (SSSR count). The zero-order valence-corrected chi connectivity index (χ0v) is 9.47. The van der Waals surface area contributed by atoms with Gasteiger partial charge in [0.15, 0.2) is 0 Å². The Bertz CT molecular complexity index is 339. The fraction of sp³-hybridized carbons (Fsp3) is 0.300. The van der Waals surface area contributed by atoms with Crippen LogP contribution in [0.5, 0.6) is 5.75 Å². The molecule has 0 saturated heterocycles. The van der Waals surface area contributed by atoms with Gasteiger partial charge in [0, 0.05) is 11.8 Å². The lowest BCUT2D eigenvalue weighted by Crippen LogP contribution is -2.11. The van der Waals surface area contributed by atoms with Gasteiger partial charge in [0.1, 0.15) is 5.75 Å². The number of aromatic hydroxyl groups is 1. The van der Waals surface area contributed by atoms with Crippen LogP contribution >= 0.6 is 15.9 Å². The summed E-state index contributed by atoms with van der Waals surface area (Å²) in [6.45, 7) is 1.90. The lowest BCUT2D eigenvalue weighted by Gasteiger charge is -2.06. The number of hydrogen-bond acceptors (Lipinski definition) is 2. The highest BCUT2D eigenvalue weighted by Crippen LogP contribution is 2.23. The molecule has 0 aliphatic rings. The van der Waals surface area contributed by atoms with E-state index in [9.17, 15) is 9.90 Å². The number of nitrogens with one attached hydrogen (secondary N) is 1. The van der Waals surface area contributed by atoms with E-state index in [-0.39, 0.29) is 11.7 Å². The number of carbonyl (C=O) groups excluding carboxylic acids is 1. The van der Waals surface area contributed by atoms with Gasteiger partial charge in [0.2, 0.25) is 5.91 Å². The van der Waals surface area contributed by atoms with Crippen molar-refractivity contribution in [1.82, 2.24) is 0 Å². The minimum absolute atomic E-state index is 0.0959. The fourth-order valence-electron chi connectivity index (χ4n) is 1.05. The van der Waals surface area contributed by atoms with Crippen molar-refractivity contribution >= 4 is 27.5 Å². The largest absolute Gasteiger partial charge is 0.506 e. The van der Waals surface area contributed by atoms with Gasteiger partial charge >= 0.3 is 0 Å². The van der Waals surface area contributed by atoms with Crippen molar-refractivity contribution < 1.29 is 9.90 Å². The molecule has 1 aromatic rings. The average Bonchev–Trinajstić information content (AvgIpc) is 2.12. The summed E-state index contributed by atoms with van der Waals surface area (Å²) in [7, 11) is 0. The molecule has 1 amide bonds. The molecule has 0 fully saturated rings. The molecule has 0 aromatic heterocycles. The predicted molar refractivity (Wildman–Crippen MR) is 59.9 cm³/mol. The average molecular weight is 258 g/mol. The number of alkyl halides is 1. The third-order valence-corrected chi connectivity index (χ3v) is 2.14. The number of phenols is 1. The summed E-state index contributed by atoms with van der Waals surface area (Å²) in [5.74, 6) is -0.0127. The van der Waals surface area contributed by atoms with E-state index < -0.39 is 0 Å². The number of anilines is 1. The normalized spacial score (nSPS) is 9.86. The number of phenolic OH excluding ortho intramolecular Hbond substituents is 1. The van der Waals surface area contributed by atoms with Gasteiger partial charge in [-0.15, -0.1) is 0 Å². The number of benzene rings is 1. The van der Waals surface area contributed by atoms with E-state index >= 15 is 0 Å². The lowest BCUT2D eigenvalue weighted by molar-refractivity contribution is -0.115. The Morgan fingerprint density at radius 3 is 2.93 bits per heavy atom. The van der Waals surface area contributed by atoms with E-state index in [4.69, 9.17) is 0 Å². The lowest BCUT2D eigenvalue weighted by atomic mass is 10.2. The number of halogens is 1. The van der Waals surface area contributed by atoms with Crippen LogP contribution in [-0.2, 0) is 4.79 Å². The van der Waals surface area contributed by atoms with Crippen molar-refractivity contribution in [3.05, 3.63) is 23.8 Å². The molecular formula is C10H12BrNO2. The van der Waals surface area contributed by atoms with Crippen LogP contribution in [0.4, 0.5) is 5.69 Å². The molecule has 76 valence electrons. The molecule has 0 heterocycles. The molecule has 0 unspecified atom stereocenters. The quantitative estimate of drug-likeness (QED) is 0.646. The Morgan fingerprint density at radius 2 is 2.29 bits per heavy atom. The highest BCUT2D eigenvalue weighted by Gasteiger charge is 2.05. The smallest absolute Gasteiger partial charge is 0.225 e. The number of amides is 1. The Kier molecular flexibility index (Phi) is 3.95. The van der Waals surface area contributed by atoms with Gasteiger partial charge in [0.25, 0.3) is 0 Å². The monoisotopic (exact) mass is 257 g/mol. The van der Waals surface area contributed by atoms with E-state index in [1.165, 1.54) is 0 Å². The first-order chi connectivity index (χ1) is 6.63. The summed E-state index contributed by atoms with van der Waals surface area (Å²) < 4.78 is 0. The highest BCUT2D eigenvalue weighted by atomic mass is 79.9. The number of aryl methyl sites for hydroxylation is 1. The second kappa shape index (κ2) is 5.00. The van der Waals surface area contributed by atoms with Crippen LogP contribution < -0.4 is 5.32 Å². The van der Waals surface area contributed by atoms with Gasteiger partial charge in [-0.05, 0) is 24.6 Å². The van der Waals surface area contributed by atoms with E-state index in [1.54, 1.807) is 18.2 Å².